The fourth-order valence-electron chi connectivity index (χ4n) is 2.13. The second-order valence-electron chi connectivity index (χ2n) is 5.21. The zero-order valence-electron chi connectivity index (χ0n) is 13.6. The molecule has 5 nitrogen and oxygen atoms in total. The van der Waals surface area contributed by atoms with Crippen molar-refractivity contribution in [3.63, 3.8) is 0 Å². The number of benzene rings is 1. The summed E-state index contributed by atoms with van der Waals surface area (Å²) < 4.78 is 6.11. The van der Waals surface area contributed by atoms with Crippen molar-refractivity contribution < 1.29 is 9.53 Å². The average molecular weight is 371 g/mol. The molecule has 0 atom stereocenters. The van der Waals surface area contributed by atoms with E-state index in [0.717, 1.165) is 15.8 Å². The third kappa shape index (κ3) is 5.30. The molecule has 128 valence electrons. The van der Waals surface area contributed by atoms with Gasteiger partial charge >= 0.3 is 0 Å². The molecular formula is C18H17N3O2S2. The largest absolute Gasteiger partial charge is 0.497 e. The van der Waals surface area contributed by atoms with Crippen LogP contribution in [-0.2, 0) is 17.0 Å². The Morgan fingerprint density at radius 3 is 2.92 bits per heavy atom. The van der Waals surface area contributed by atoms with E-state index in [4.69, 9.17) is 4.74 Å². The number of nitrogens with zero attached hydrogens (tertiary/aromatic N) is 2. The molecule has 0 fully saturated rings. The van der Waals surface area contributed by atoms with E-state index in [9.17, 15) is 4.79 Å². The molecule has 0 aliphatic rings. The third-order valence-electron chi connectivity index (χ3n) is 3.34. The number of methoxy groups -OCH3 is 1. The van der Waals surface area contributed by atoms with Crippen LogP contribution in [0.5, 0.6) is 5.75 Å². The summed E-state index contributed by atoms with van der Waals surface area (Å²) in [5.41, 5.74) is 2.70. The van der Waals surface area contributed by atoms with Gasteiger partial charge in [0.05, 0.1) is 19.2 Å². The minimum Gasteiger partial charge on any atom is -0.497 e. The van der Waals surface area contributed by atoms with Gasteiger partial charge < -0.3 is 10.1 Å². The fourth-order valence-corrected chi connectivity index (χ4v) is 3.93. The molecule has 0 unspecified atom stereocenters. The molecular weight excluding hydrogens is 354 g/mol. The topological polar surface area (TPSA) is 64.1 Å². The monoisotopic (exact) mass is 371 g/mol. The number of pyridine rings is 1. The predicted molar refractivity (Wildman–Crippen MR) is 101 cm³/mol. The number of carbonyl (C=O) groups is 1. The summed E-state index contributed by atoms with van der Waals surface area (Å²) in [6, 6.07) is 11.3. The number of ether oxygens (including phenoxy) is 1. The van der Waals surface area contributed by atoms with Crippen molar-refractivity contribution in [2.24, 2.45) is 0 Å². The van der Waals surface area contributed by atoms with Crippen LogP contribution in [0.3, 0.4) is 0 Å². The summed E-state index contributed by atoms with van der Waals surface area (Å²) in [6.07, 6.45) is 3.82. The maximum Gasteiger partial charge on any atom is 0.230 e. The first kappa shape index (κ1) is 17.4. The van der Waals surface area contributed by atoms with Gasteiger partial charge in [-0.25, -0.2) is 4.98 Å². The van der Waals surface area contributed by atoms with Gasteiger partial charge in [0.25, 0.3) is 0 Å². The second kappa shape index (κ2) is 8.64. The molecule has 0 spiro atoms. The van der Waals surface area contributed by atoms with Crippen LogP contribution in [0.15, 0.2) is 58.5 Å². The van der Waals surface area contributed by atoms with Crippen LogP contribution in [0.25, 0.3) is 0 Å². The smallest absolute Gasteiger partial charge is 0.230 e. The summed E-state index contributed by atoms with van der Waals surface area (Å²) in [5.74, 6) is 1.45. The molecule has 2 heterocycles. The average Bonchev–Trinajstić information content (AvgIpc) is 3.08. The number of thiazole rings is 1. The second-order valence-corrected chi connectivity index (χ2v) is 7.29. The zero-order valence-corrected chi connectivity index (χ0v) is 15.3. The standard InChI is InChI=1S/C18H17N3O2S2/c1-23-16-4-2-3-14(9-16)20-17(22)10-15-12-25-18(21-15)24-11-13-5-7-19-8-6-13/h2-9,12H,10-11H2,1H3,(H,20,22). The lowest BCUT2D eigenvalue weighted by atomic mass is 10.2. The third-order valence-corrected chi connectivity index (χ3v) is 5.48. The molecule has 0 aliphatic carbocycles. The first-order valence-corrected chi connectivity index (χ1v) is 9.49. The van der Waals surface area contributed by atoms with Crippen molar-refractivity contribution in [2.45, 2.75) is 16.5 Å². The van der Waals surface area contributed by atoms with Crippen LogP contribution >= 0.6 is 23.1 Å². The van der Waals surface area contributed by atoms with E-state index >= 15 is 0 Å². The Kier molecular flexibility index (Phi) is 6.03. The number of rotatable bonds is 7. The molecule has 3 rings (SSSR count). The molecule has 0 bridgehead atoms. The Bertz CT molecular complexity index is 837. The van der Waals surface area contributed by atoms with Gasteiger partial charge in [0.2, 0.25) is 5.91 Å². The van der Waals surface area contributed by atoms with Crippen LogP contribution < -0.4 is 10.1 Å². The molecule has 1 amide bonds. The van der Waals surface area contributed by atoms with E-state index in [2.05, 4.69) is 15.3 Å². The number of hydrogen-bond donors (Lipinski definition) is 1. The summed E-state index contributed by atoms with van der Waals surface area (Å²) in [7, 11) is 1.60. The molecule has 2 aromatic heterocycles. The highest BCUT2D eigenvalue weighted by Crippen LogP contribution is 2.26. The fraction of sp³-hybridized carbons (Fsp3) is 0.167. The molecule has 0 aliphatic heterocycles. The van der Waals surface area contributed by atoms with Crippen molar-refractivity contribution in [1.82, 2.24) is 9.97 Å². The lowest BCUT2D eigenvalue weighted by molar-refractivity contribution is -0.115. The Hall–Kier alpha value is -2.38. The highest BCUT2D eigenvalue weighted by atomic mass is 32.2. The van der Waals surface area contributed by atoms with E-state index in [1.165, 1.54) is 5.56 Å². The van der Waals surface area contributed by atoms with E-state index < -0.39 is 0 Å². The maximum atomic E-state index is 12.2. The highest BCUT2D eigenvalue weighted by Gasteiger charge is 2.09. The number of thioether (sulfide) groups is 1. The number of carbonyl (C=O) groups excluding carboxylic acids is 1. The molecule has 0 saturated heterocycles. The van der Waals surface area contributed by atoms with E-state index in [1.54, 1.807) is 48.7 Å². The van der Waals surface area contributed by atoms with Crippen LogP contribution in [0, 0.1) is 0 Å². The number of hydrogen-bond acceptors (Lipinski definition) is 6. The van der Waals surface area contributed by atoms with Gasteiger partial charge in [-0.05, 0) is 29.8 Å². The Balaban J connectivity index is 1.52. The Morgan fingerprint density at radius 1 is 1.28 bits per heavy atom. The minimum absolute atomic E-state index is 0.0933. The Labute approximate surface area is 154 Å². The van der Waals surface area contributed by atoms with Gasteiger partial charge in [0.1, 0.15) is 10.1 Å². The van der Waals surface area contributed by atoms with Crippen molar-refractivity contribution >= 4 is 34.7 Å². The van der Waals surface area contributed by atoms with Gasteiger partial charge in [-0.1, -0.05) is 17.8 Å². The zero-order chi connectivity index (χ0) is 17.5. The maximum absolute atomic E-state index is 12.2. The molecule has 1 N–H and O–H groups in total. The van der Waals surface area contributed by atoms with Crippen LogP contribution in [0.1, 0.15) is 11.3 Å². The van der Waals surface area contributed by atoms with Gasteiger partial charge in [0.15, 0.2) is 0 Å². The van der Waals surface area contributed by atoms with Gasteiger partial charge in [-0.2, -0.15) is 0 Å². The molecule has 7 heteroatoms. The molecule has 3 aromatic rings. The highest BCUT2D eigenvalue weighted by molar-refractivity contribution is 8.00. The normalized spacial score (nSPS) is 10.4. The molecule has 0 saturated carbocycles. The molecule has 0 radical (unpaired) electrons. The SMILES string of the molecule is COc1cccc(NC(=O)Cc2csc(SCc3ccncc3)n2)c1. The van der Waals surface area contributed by atoms with Gasteiger partial charge in [0, 0.05) is 35.3 Å². The van der Waals surface area contributed by atoms with E-state index in [1.807, 2.05) is 35.7 Å². The summed E-state index contributed by atoms with van der Waals surface area (Å²) in [4.78, 5) is 20.7. The minimum atomic E-state index is -0.0933. The first-order chi connectivity index (χ1) is 12.2. The molecule has 25 heavy (non-hydrogen) atoms. The number of amides is 1. The quantitative estimate of drug-likeness (QED) is 0.636. The lowest BCUT2D eigenvalue weighted by Crippen LogP contribution is -2.14. The van der Waals surface area contributed by atoms with Crippen LogP contribution in [0.2, 0.25) is 0 Å². The van der Waals surface area contributed by atoms with Crippen LogP contribution in [0.4, 0.5) is 5.69 Å². The summed E-state index contributed by atoms with van der Waals surface area (Å²) >= 11 is 3.22. The van der Waals surface area contributed by atoms with E-state index in [-0.39, 0.29) is 12.3 Å². The Morgan fingerprint density at radius 2 is 2.12 bits per heavy atom. The number of aromatic nitrogens is 2. The first-order valence-electron chi connectivity index (χ1n) is 7.63. The number of anilines is 1. The number of nitrogens with one attached hydrogen (secondary N) is 1. The molecule has 1 aromatic carbocycles. The van der Waals surface area contributed by atoms with Crippen molar-refractivity contribution in [2.75, 3.05) is 12.4 Å². The lowest BCUT2D eigenvalue weighted by Gasteiger charge is -2.06. The van der Waals surface area contributed by atoms with Gasteiger partial charge in [-0.15, -0.1) is 11.3 Å². The predicted octanol–water partition coefficient (Wildman–Crippen LogP) is 4.02. The van der Waals surface area contributed by atoms with Crippen molar-refractivity contribution in [3.05, 3.63) is 65.4 Å². The van der Waals surface area contributed by atoms with E-state index in [0.29, 0.717) is 11.4 Å². The van der Waals surface area contributed by atoms with Crippen molar-refractivity contribution in [3.8, 4) is 5.75 Å². The van der Waals surface area contributed by atoms with Crippen molar-refractivity contribution in [1.29, 1.82) is 0 Å². The van der Waals surface area contributed by atoms with Gasteiger partial charge in [-0.3, -0.25) is 9.78 Å². The summed E-state index contributed by atoms with van der Waals surface area (Å²) in [5, 5.41) is 4.79. The summed E-state index contributed by atoms with van der Waals surface area (Å²) in [6.45, 7) is 0. The van der Waals surface area contributed by atoms with Crippen LogP contribution in [-0.4, -0.2) is 23.0 Å².